The highest BCUT2D eigenvalue weighted by molar-refractivity contribution is 5.60. The maximum Gasteiger partial charge on any atom is 0.0343 e. The molecule has 0 fully saturated rings. The first-order valence-electron chi connectivity index (χ1n) is 14.5. The maximum absolute atomic E-state index is 4.45. The van der Waals surface area contributed by atoms with Crippen molar-refractivity contribution in [2.24, 2.45) is 11.8 Å². The Labute approximate surface area is 228 Å². The predicted octanol–water partition coefficient (Wildman–Crippen LogP) is 10.8. The number of hydrogen-bond acceptors (Lipinski definition) is 1. The molecule has 1 nitrogen and oxygen atoms in total. The van der Waals surface area contributed by atoms with Crippen molar-refractivity contribution in [2.45, 2.75) is 86.0 Å². The quantitative estimate of drug-likeness (QED) is 0.136. The number of rotatable bonds is 16. The van der Waals surface area contributed by atoms with Crippen molar-refractivity contribution in [1.29, 1.82) is 0 Å². The van der Waals surface area contributed by atoms with Gasteiger partial charge >= 0.3 is 0 Å². The minimum atomic E-state index is 0.462. The zero-order valence-corrected chi connectivity index (χ0v) is 24.3. The van der Waals surface area contributed by atoms with Crippen molar-refractivity contribution in [2.75, 3.05) is 11.9 Å². The average molecular weight is 498 g/mol. The van der Waals surface area contributed by atoms with Crippen molar-refractivity contribution in [1.82, 2.24) is 0 Å². The van der Waals surface area contributed by atoms with Crippen LogP contribution in [-0.4, -0.2) is 6.54 Å². The Morgan fingerprint density at radius 3 is 2.73 bits per heavy atom. The largest absolute Gasteiger partial charge is 0.385 e. The monoisotopic (exact) mass is 497 g/mol. The van der Waals surface area contributed by atoms with E-state index in [0.29, 0.717) is 11.8 Å². The van der Waals surface area contributed by atoms with Crippen LogP contribution in [0.3, 0.4) is 0 Å². The van der Waals surface area contributed by atoms with Crippen molar-refractivity contribution < 1.29 is 0 Å². The molecular formula is C36H51N. The number of hydrogen-bond donors (Lipinski definition) is 1. The molecule has 1 heteroatoms. The molecule has 2 atom stereocenters. The van der Waals surface area contributed by atoms with E-state index in [9.17, 15) is 0 Å². The lowest BCUT2D eigenvalue weighted by molar-refractivity contribution is 0.665. The third-order valence-electron chi connectivity index (χ3n) is 7.49. The molecule has 1 aromatic rings. The predicted molar refractivity (Wildman–Crippen MR) is 168 cm³/mol. The first-order chi connectivity index (χ1) is 17.9. The standard InChI is InChI=1S/C36H51N/c1-8-12-13-14-15-19-29(6)32-20-16-21-33(26-32)30(7)36(28(5)11-4)24-25-37-35-23-22-31(17-9-2)34(27-35)18-10-3/h9-10,14-17,20,22-23,26-27,29,33,37H,3,5,8,11-13,18-19,21,24-25H2,1-2,4,6-7H3/b15-14-,17-9+,36-30-. The molecule has 0 bridgehead atoms. The molecule has 0 saturated carbocycles. The van der Waals surface area contributed by atoms with Crippen LogP contribution in [0.4, 0.5) is 5.69 Å². The summed E-state index contributed by atoms with van der Waals surface area (Å²) < 4.78 is 0. The lowest BCUT2D eigenvalue weighted by Crippen LogP contribution is -2.11. The fraction of sp³-hybridized carbons (Fsp3) is 0.444. The van der Waals surface area contributed by atoms with Crippen LogP contribution in [0.5, 0.6) is 0 Å². The molecule has 37 heavy (non-hydrogen) atoms. The van der Waals surface area contributed by atoms with Crippen LogP contribution >= 0.6 is 0 Å². The van der Waals surface area contributed by atoms with E-state index in [2.05, 4.69) is 114 Å². The van der Waals surface area contributed by atoms with E-state index in [1.165, 1.54) is 58.4 Å². The van der Waals surface area contributed by atoms with Gasteiger partial charge in [-0.2, -0.15) is 0 Å². The van der Waals surface area contributed by atoms with Crippen molar-refractivity contribution >= 4 is 11.8 Å². The zero-order valence-electron chi connectivity index (χ0n) is 24.3. The van der Waals surface area contributed by atoms with E-state index in [1.807, 2.05) is 6.08 Å². The van der Waals surface area contributed by atoms with Gasteiger partial charge in [-0.15, -0.1) is 6.58 Å². The topological polar surface area (TPSA) is 12.0 Å². The van der Waals surface area contributed by atoms with Gasteiger partial charge in [0.1, 0.15) is 0 Å². The molecule has 0 aliphatic heterocycles. The molecule has 200 valence electrons. The summed E-state index contributed by atoms with van der Waals surface area (Å²) in [4.78, 5) is 0. The zero-order chi connectivity index (χ0) is 27.0. The molecule has 2 unspecified atom stereocenters. The first kappa shape index (κ1) is 30.4. The van der Waals surface area contributed by atoms with Gasteiger partial charge in [0.2, 0.25) is 0 Å². The van der Waals surface area contributed by atoms with Gasteiger partial charge in [-0.1, -0.05) is 106 Å². The third-order valence-corrected chi connectivity index (χ3v) is 7.49. The summed E-state index contributed by atoms with van der Waals surface area (Å²) in [7, 11) is 0. The number of benzene rings is 1. The van der Waals surface area contributed by atoms with Gasteiger partial charge in [-0.3, -0.25) is 0 Å². The van der Waals surface area contributed by atoms with Crippen LogP contribution in [0.1, 0.15) is 90.7 Å². The summed E-state index contributed by atoms with van der Waals surface area (Å²) in [6.45, 7) is 20.5. The SMILES string of the molecule is C=CCc1cc(NCC/C(C(=C)CC)=C(\C)C2C=C(C(C)C/C=C\CCCC)C=CC2)ccc1/C=C/C. The van der Waals surface area contributed by atoms with Crippen LogP contribution in [0, 0.1) is 11.8 Å². The van der Waals surface area contributed by atoms with Gasteiger partial charge in [-0.25, -0.2) is 0 Å². The second-order valence-corrected chi connectivity index (χ2v) is 10.4. The summed E-state index contributed by atoms with van der Waals surface area (Å²) in [5.74, 6) is 1.02. The Balaban J connectivity index is 2.12. The summed E-state index contributed by atoms with van der Waals surface area (Å²) in [6, 6.07) is 6.65. The minimum Gasteiger partial charge on any atom is -0.385 e. The number of allylic oxidation sites excluding steroid dienone is 10. The minimum absolute atomic E-state index is 0.462. The fourth-order valence-electron chi connectivity index (χ4n) is 5.03. The molecule has 0 amide bonds. The van der Waals surface area contributed by atoms with Gasteiger partial charge in [0, 0.05) is 18.2 Å². The molecule has 1 aliphatic rings. The van der Waals surface area contributed by atoms with Crippen LogP contribution < -0.4 is 5.32 Å². The van der Waals surface area contributed by atoms with E-state index in [-0.39, 0.29) is 0 Å². The molecule has 1 aromatic carbocycles. The fourth-order valence-corrected chi connectivity index (χ4v) is 5.03. The molecule has 0 radical (unpaired) electrons. The van der Waals surface area contributed by atoms with E-state index in [4.69, 9.17) is 0 Å². The normalized spacial score (nSPS) is 17.1. The van der Waals surface area contributed by atoms with E-state index >= 15 is 0 Å². The Morgan fingerprint density at radius 1 is 1.22 bits per heavy atom. The maximum atomic E-state index is 4.45. The Kier molecular flexibility index (Phi) is 13.9. The first-order valence-corrected chi connectivity index (χ1v) is 14.5. The van der Waals surface area contributed by atoms with Crippen LogP contribution in [0.15, 0.2) is 96.2 Å². The van der Waals surface area contributed by atoms with Crippen LogP contribution in [0.2, 0.25) is 0 Å². The Bertz CT molecular complexity index is 1030. The second-order valence-electron chi connectivity index (χ2n) is 10.4. The lowest BCUT2D eigenvalue weighted by atomic mass is 9.81. The van der Waals surface area contributed by atoms with Gasteiger partial charge < -0.3 is 5.32 Å². The molecule has 1 N–H and O–H groups in total. The van der Waals surface area contributed by atoms with Crippen molar-refractivity contribution in [3.05, 3.63) is 107 Å². The lowest BCUT2D eigenvalue weighted by Gasteiger charge is -2.24. The van der Waals surface area contributed by atoms with E-state index in [1.54, 1.807) is 0 Å². The molecule has 2 rings (SSSR count). The van der Waals surface area contributed by atoms with Gasteiger partial charge in [0.25, 0.3) is 0 Å². The van der Waals surface area contributed by atoms with Gasteiger partial charge in [-0.05, 0) is 92.7 Å². The van der Waals surface area contributed by atoms with Crippen LogP contribution in [0.25, 0.3) is 6.08 Å². The van der Waals surface area contributed by atoms with E-state index in [0.717, 1.165) is 38.6 Å². The molecular weight excluding hydrogens is 446 g/mol. The van der Waals surface area contributed by atoms with Crippen molar-refractivity contribution in [3.8, 4) is 0 Å². The summed E-state index contributed by atoms with van der Waals surface area (Å²) in [5.41, 5.74) is 9.42. The van der Waals surface area contributed by atoms with Crippen LogP contribution in [-0.2, 0) is 6.42 Å². The average Bonchev–Trinajstić information content (AvgIpc) is 2.91. The second kappa shape index (κ2) is 16.8. The molecule has 0 saturated heterocycles. The molecule has 0 aromatic heterocycles. The van der Waals surface area contributed by atoms with E-state index < -0.39 is 0 Å². The highest BCUT2D eigenvalue weighted by atomic mass is 14.9. The highest BCUT2D eigenvalue weighted by Crippen LogP contribution is 2.33. The summed E-state index contributed by atoms with van der Waals surface area (Å²) in [5, 5.41) is 3.67. The van der Waals surface area contributed by atoms with Gasteiger partial charge in [0.05, 0.1) is 0 Å². The highest BCUT2D eigenvalue weighted by Gasteiger charge is 2.18. The summed E-state index contributed by atoms with van der Waals surface area (Å²) >= 11 is 0. The molecule has 0 heterocycles. The number of unbranched alkanes of at least 4 members (excludes halogenated alkanes) is 2. The third kappa shape index (κ3) is 9.88. The summed E-state index contributed by atoms with van der Waals surface area (Å²) in [6.07, 6.45) is 27.0. The smallest absolute Gasteiger partial charge is 0.0343 e. The van der Waals surface area contributed by atoms with Gasteiger partial charge in [0.15, 0.2) is 0 Å². The number of nitrogens with one attached hydrogen (secondary N) is 1. The van der Waals surface area contributed by atoms with Crippen molar-refractivity contribution in [3.63, 3.8) is 0 Å². The number of anilines is 1. The molecule has 1 aliphatic carbocycles. The molecule has 0 spiro atoms. The Hall–Kier alpha value is -2.80. The Morgan fingerprint density at radius 2 is 2.03 bits per heavy atom.